The van der Waals surface area contributed by atoms with E-state index < -0.39 is 30.3 Å². The second-order valence-electron chi connectivity index (χ2n) is 7.48. The number of nitrogens with one attached hydrogen (secondary N) is 1. The van der Waals surface area contributed by atoms with Crippen LogP contribution in [-0.4, -0.2) is 40.8 Å². The number of benzene rings is 1. The molecule has 1 saturated carbocycles. The van der Waals surface area contributed by atoms with Crippen molar-refractivity contribution in [3.63, 3.8) is 0 Å². The number of nitrogens with zero attached hydrogens (tertiary/aromatic N) is 1. The van der Waals surface area contributed by atoms with Gasteiger partial charge in [0.15, 0.2) is 0 Å². The number of rotatable bonds is 6. The van der Waals surface area contributed by atoms with Gasteiger partial charge in [-0.3, -0.25) is 19.3 Å². The van der Waals surface area contributed by atoms with Crippen molar-refractivity contribution in [2.75, 3.05) is 13.1 Å². The van der Waals surface area contributed by atoms with Gasteiger partial charge >= 0.3 is 6.18 Å². The smallest absolute Gasteiger partial charge is 0.387 e. The lowest BCUT2D eigenvalue weighted by Crippen LogP contribution is -2.36. The quantitative estimate of drug-likeness (QED) is 0.703. The first-order valence-corrected chi connectivity index (χ1v) is 9.66. The van der Waals surface area contributed by atoms with E-state index in [1.54, 1.807) is 0 Å². The molecule has 2 fully saturated rings. The molecule has 9 heteroatoms. The van der Waals surface area contributed by atoms with E-state index in [0.717, 1.165) is 29.9 Å². The van der Waals surface area contributed by atoms with Crippen LogP contribution < -0.4 is 5.32 Å². The second-order valence-corrected chi connectivity index (χ2v) is 7.48. The minimum atomic E-state index is -4.62. The normalized spacial score (nSPS) is 23.1. The Morgan fingerprint density at radius 1 is 1.14 bits per heavy atom. The molecular weight excluding hydrogens is 389 g/mol. The largest absolute Gasteiger partial charge is 0.416 e. The third-order valence-corrected chi connectivity index (χ3v) is 5.61. The Bertz CT molecular complexity index is 772. The van der Waals surface area contributed by atoms with Gasteiger partial charge in [-0.25, -0.2) is 0 Å². The summed E-state index contributed by atoms with van der Waals surface area (Å²) < 4.78 is 39.1. The summed E-state index contributed by atoms with van der Waals surface area (Å²) in [5.41, 5.74) is -1.29. The molecule has 1 aromatic rings. The SMILES string of the molecule is O=C(CCN1C(=O)C2CCCCC2C1=O)NCC(O)c1ccccc1C(F)(F)F. The van der Waals surface area contributed by atoms with Gasteiger partial charge < -0.3 is 10.4 Å². The molecule has 158 valence electrons. The minimum Gasteiger partial charge on any atom is -0.387 e. The molecule has 3 unspecified atom stereocenters. The van der Waals surface area contributed by atoms with E-state index >= 15 is 0 Å². The summed E-state index contributed by atoms with van der Waals surface area (Å²) >= 11 is 0. The molecule has 3 atom stereocenters. The van der Waals surface area contributed by atoms with Crippen molar-refractivity contribution < 1.29 is 32.7 Å². The number of carbonyl (C=O) groups excluding carboxylic acids is 3. The van der Waals surface area contributed by atoms with E-state index in [4.69, 9.17) is 0 Å². The highest BCUT2D eigenvalue weighted by molar-refractivity contribution is 6.05. The fraction of sp³-hybridized carbons (Fsp3) is 0.550. The molecule has 0 radical (unpaired) electrons. The lowest BCUT2D eigenvalue weighted by Gasteiger charge is -2.19. The molecular formula is C20H23F3N2O4. The van der Waals surface area contributed by atoms with Gasteiger partial charge in [-0.1, -0.05) is 31.0 Å². The first-order valence-electron chi connectivity index (χ1n) is 9.66. The number of fused-ring (bicyclic) bond motifs is 1. The molecule has 2 N–H and O–H groups in total. The van der Waals surface area contributed by atoms with E-state index in [-0.39, 0.29) is 42.2 Å². The van der Waals surface area contributed by atoms with Crippen molar-refractivity contribution in [3.8, 4) is 0 Å². The van der Waals surface area contributed by atoms with Crippen LogP contribution in [0, 0.1) is 11.8 Å². The van der Waals surface area contributed by atoms with Crippen molar-refractivity contribution in [2.24, 2.45) is 11.8 Å². The van der Waals surface area contributed by atoms with Gasteiger partial charge in [-0.15, -0.1) is 0 Å². The predicted molar refractivity (Wildman–Crippen MR) is 96.2 cm³/mol. The van der Waals surface area contributed by atoms with E-state index in [2.05, 4.69) is 5.32 Å². The maximum Gasteiger partial charge on any atom is 0.416 e. The minimum absolute atomic E-state index is 0.0638. The number of imide groups is 1. The topological polar surface area (TPSA) is 86.7 Å². The van der Waals surface area contributed by atoms with Gasteiger partial charge in [-0.05, 0) is 24.5 Å². The third kappa shape index (κ3) is 4.60. The molecule has 1 aliphatic heterocycles. The van der Waals surface area contributed by atoms with Crippen LogP contribution in [0.25, 0.3) is 0 Å². The summed E-state index contributed by atoms with van der Waals surface area (Å²) in [5.74, 6) is -1.62. The zero-order valence-corrected chi connectivity index (χ0v) is 15.7. The van der Waals surface area contributed by atoms with E-state index in [0.29, 0.717) is 12.8 Å². The number of aliphatic hydroxyl groups excluding tert-OH is 1. The Balaban J connectivity index is 1.52. The van der Waals surface area contributed by atoms with Crippen LogP contribution in [-0.2, 0) is 20.6 Å². The first-order chi connectivity index (χ1) is 13.7. The third-order valence-electron chi connectivity index (χ3n) is 5.61. The summed E-state index contributed by atoms with van der Waals surface area (Å²) in [7, 11) is 0. The average Bonchev–Trinajstić information content (AvgIpc) is 2.94. The zero-order valence-electron chi connectivity index (χ0n) is 15.7. The fourth-order valence-corrected chi connectivity index (χ4v) is 4.12. The van der Waals surface area contributed by atoms with Crippen molar-refractivity contribution in [1.29, 1.82) is 0 Å². The number of hydrogen-bond acceptors (Lipinski definition) is 4. The van der Waals surface area contributed by atoms with Crippen LogP contribution in [0.2, 0.25) is 0 Å². The maximum atomic E-state index is 13.0. The van der Waals surface area contributed by atoms with Gasteiger partial charge in [-0.2, -0.15) is 13.2 Å². The van der Waals surface area contributed by atoms with Crippen molar-refractivity contribution in [2.45, 2.75) is 44.4 Å². The molecule has 1 aliphatic carbocycles. The molecule has 0 spiro atoms. The predicted octanol–water partition coefficient (Wildman–Crippen LogP) is 2.42. The highest BCUT2D eigenvalue weighted by atomic mass is 19.4. The highest BCUT2D eigenvalue weighted by Crippen LogP contribution is 2.38. The van der Waals surface area contributed by atoms with Gasteiger partial charge in [0.2, 0.25) is 17.7 Å². The number of halogens is 3. The lowest BCUT2D eigenvalue weighted by atomic mass is 9.81. The molecule has 1 aromatic carbocycles. The molecule has 1 saturated heterocycles. The van der Waals surface area contributed by atoms with E-state index in [1.807, 2.05) is 0 Å². The molecule has 0 aromatic heterocycles. The Morgan fingerprint density at radius 2 is 1.72 bits per heavy atom. The number of hydrogen-bond donors (Lipinski definition) is 2. The highest BCUT2D eigenvalue weighted by Gasteiger charge is 2.47. The van der Waals surface area contributed by atoms with Gasteiger partial charge in [0.25, 0.3) is 0 Å². The first kappa shape index (κ1) is 21.3. The second kappa shape index (κ2) is 8.52. The molecule has 29 heavy (non-hydrogen) atoms. The molecule has 6 nitrogen and oxygen atoms in total. The average molecular weight is 412 g/mol. The standard InChI is InChI=1S/C20H23F3N2O4/c21-20(22,23)15-8-4-3-7-14(15)16(26)11-24-17(27)9-10-25-18(28)12-5-1-2-6-13(12)19(25)29/h3-4,7-8,12-13,16,26H,1-2,5-6,9-11H2,(H,24,27). The Kier molecular flexibility index (Phi) is 6.26. The number of alkyl halides is 3. The van der Waals surface area contributed by atoms with Crippen LogP contribution in [0.4, 0.5) is 13.2 Å². The summed E-state index contributed by atoms with van der Waals surface area (Å²) in [6, 6.07) is 4.62. The van der Waals surface area contributed by atoms with Crippen molar-refractivity contribution in [3.05, 3.63) is 35.4 Å². The van der Waals surface area contributed by atoms with Gasteiger partial charge in [0.05, 0.1) is 23.5 Å². The van der Waals surface area contributed by atoms with Crippen LogP contribution in [0.1, 0.15) is 49.3 Å². The number of carbonyl (C=O) groups is 3. The van der Waals surface area contributed by atoms with Crippen LogP contribution >= 0.6 is 0 Å². The van der Waals surface area contributed by atoms with Crippen LogP contribution in [0.3, 0.4) is 0 Å². The monoisotopic (exact) mass is 412 g/mol. The van der Waals surface area contributed by atoms with Gasteiger partial charge in [0.1, 0.15) is 0 Å². The lowest BCUT2D eigenvalue weighted by molar-refractivity contribution is -0.140. The maximum absolute atomic E-state index is 13.0. The van der Waals surface area contributed by atoms with Crippen LogP contribution in [0.5, 0.6) is 0 Å². The van der Waals surface area contributed by atoms with Crippen LogP contribution in [0.15, 0.2) is 24.3 Å². The molecule has 3 rings (SSSR count). The Labute approximate surface area is 166 Å². The number of aliphatic hydroxyl groups is 1. The number of amides is 3. The molecule has 3 amide bonds. The van der Waals surface area contributed by atoms with E-state index in [1.165, 1.54) is 12.1 Å². The fourth-order valence-electron chi connectivity index (χ4n) is 4.12. The summed E-state index contributed by atoms with van der Waals surface area (Å²) in [4.78, 5) is 37.9. The molecule has 2 aliphatic rings. The Hall–Kier alpha value is -2.42. The van der Waals surface area contributed by atoms with Crippen molar-refractivity contribution in [1.82, 2.24) is 10.2 Å². The van der Waals surface area contributed by atoms with Gasteiger partial charge in [0, 0.05) is 19.5 Å². The van der Waals surface area contributed by atoms with Crippen molar-refractivity contribution >= 4 is 17.7 Å². The van der Waals surface area contributed by atoms with E-state index in [9.17, 15) is 32.7 Å². The molecule has 1 heterocycles. The number of likely N-dealkylation sites (tertiary alicyclic amines) is 1. The zero-order chi connectivity index (χ0) is 21.2. The Morgan fingerprint density at radius 3 is 2.31 bits per heavy atom. The summed E-state index contributed by atoms with van der Waals surface area (Å²) in [5, 5.41) is 12.5. The summed E-state index contributed by atoms with van der Waals surface area (Å²) in [6.07, 6.45) is -3.13. The summed E-state index contributed by atoms with van der Waals surface area (Å²) in [6.45, 7) is -0.467. The molecule has 0 bridgehead atoms.